The first-order valence-corrected chi connectivity index (χ1v) is 8.16. The first-order chi connectivity index (χ1) is 12.2. The molecule has 0 bridgehead atoms. The molecule has 0 saturated heterocycles. The van der Waals surface area contributed by atoms with E-state index in [-0.39, 0.29) is 5.91 Å². The molecule has 4 rings (SSSR count). The van der Waals surface area contributed by atoms with Gasteiger partial charge in [-0.25, -0.2) is 9.97 Å². The third-order valence-corrected chi connectivity index (χ3v) is 4.05. The van der Waals surface area contributed by atoms with E-state index in [1.54, 1.807) is 24.8 Å². The van der Waals surface area contributed by atoms with Gasteiger partial charge in [-0.15, -0.1) is 0 Å². The number of hydrogen-bond acceptors (Lipinski definition) is 5. The Morgan fingerprint density at radius 1 is 1.20 bits per heavy atom. The van der Waals surface area contributed by atoms with E-state index >= 15 is 0 Å². The van der Waals surface area contributed by atoms with Crippen LogP contribution in [0.15, 0.2) is 49.2 Å². The summed E-state index contributed by atoms with van der Waals surface area (Å²) in [6, 6.07) is 5.94. The Labute approximate surface area is 145 Å². The van der Waals surface area contributed by atoms with Crippen molar-refractivity contribution in [1.82, 2.24) is 24.8 Å². The number of nitrogens with zero attached hydrogens (tertiary/aromatic N) is 4. The van der Waals surface area contributed by atoms with Gasteiger partial charge in [-0.1, -0.05) is 0 Å². The molecular weight excluding hydrogens is 316 g/mol. The van der Waals surface area contributed by atoms with Gasteiger partial charge >= 0.3 is 0 Å². The molecule has 0 radical (unpaired) electrons. The number of carbonyl (C=O) groups is 1. The van der Waals surface area contributed by atoms with E-state index in [4.69, 9.17) is 0 Å². The molecule has 0 aliphatic heterocycles. The molecule has 1 amide bonds. The summed E-state index contributed by atoms with van der Waals surface area (Å²) in [4.78, 5) is 24.9. The average molecular weight is 334 g/mol. The van der Waals surface area contributed by atoms with Crippen LogP contribution in [0.25, 0.3) is 11.1 Å². The van der Waals surface area contributed by atoms with Crippen LogP contribution in [0.5, 0.6) is 0 Å². The largest absolute Gasteiger partial charge is 0.348 e. The maximum Gasteiger partial charge on any atom is 0.268 e. The van der Waals surface area contributed by atoms with Gasteiger partial charge in [0.15, 0.2) is 0 Å². The molecule has 0 spiro atoms. The Hall–Kier alpha value is -3.22. The molecule has 2 N–H and O–H groups in total. The highest BCUT2D eigenvalue weighted by molar-refractivity contribution is 5.94. The number of nitrogens with one attached hydrogen (secondary N) is 2. The minimum atomic E-state index is -0.0352. The fourth-order valence-electron chi connectivity index (χ4n) is 2.54. The SMILES string of the molecule is Cn1cc(-c2cnc(Nc3cccnc3)nc2)cc1C(=O)NC1CC1. The topological polar surface area (TPSA) is 84.7 Å². The van der Waals surface area contributed by atoms with Crippen LogP contribution in [0.3, 0.4) is 0 Å². The van der Waals surface area contributed by atoms with Crippen molar-refractivity contribution in [2.45, 2.75) is 18.9 Å². The van der Waals surface area contributed by atoms with E-state index in [1.807, 2.05) is 36.0 Å². The molecule has 3 aromatic heterocycles. The Kier molecular flexibility index (Phi) is 3.89. The Balaban J connectivity index is 1.51. The van der Waals surface area contributed by atoms with Gasteiger partial charge in [0.05, 0.1) is 11.9 Å². The van der Waals surface area contributed by atoms with Crippen molar-refractivity contribution in [3.8, 4) is 11.1 Å². The summed E-state index contributed by atoms with van der Waals surface area (Å²) in [6.07, 6.45) is 11.0. The van der Waals surface area contributed by atoms with Crippen molar-refractivity contribution >= 4 is 17.5 Å². The number of hydrogen-bond donors (Lipinski definition) is 2. The lowest BCUT2D eigenvalue weighted by molar-refractivity contribution is 0.0943. The van der Waals surface area contributed by atoms with Gasteiger partial charge in [-0.3, -0.25) is 9.78 Å². The second-order valence-corrected chi connectivity index (χ2v) is 6.13. The van der Waals surface area contributed by atoms with Crippen molar-refractivity contribution in [2.24, 2.45) is 7.05 Å². The quantitative estimate of drug-likeness (QED) is 0.749. The second-order valence-electron chi connectivity index (χ2n) is 6.13. The highest BCUT2D eigenvalue weighted by atomic mass is 16.2. The Bertz CT molecular complexity index is 884. The fraction of sp³-hybridized carbons (Fsp3) is 0.222. The normalized spacial score (nSPS) is 13.5. The van der Waals surface area contributed by atoms with Gasteiger partial charge in [0.25, 0.3) is 5.91 Å². The van der Waals surface area contributed by atoms with Crippen LogP contribution in [0.2, 0.25) is 0 Å². The number of carbonyl (C=O) groups excluding carboxylic acids is 1. The fourth-order valence-corrected chi connectivity index (χ4v) is 2.54. The third kappa shape index (κ3) is 3.50. The van der Waals surface area contributed by atoms with Crippen molar-refractivity contribution < 1.29 is 4.79 Å². The smallest absolute Gasteiger partial charge is 0.268 e. The third-order valence-electron chi connectivity index (χ3n) is 4.05. The monoisotopic (exact) mass is 334 g/mol. The van der Waals surface area contributed by atoms with Crippen LogP contribution in [-0.4, -0.2) is 31.5 Å². The Morgan fingerprint density at radius 3 is 2.68 bits per heavy atom. The Morgan fingerprint density at radius 2 is 2.00 bits per heavy atom. The van der Waals surface area contributed by atoms with Gasteiger partial charge < -0.3 is 15.2 Å². The van der Waals surface area contributed by atoms with Crippen LogP contribution in [0, 0.1) is 0 Å². The maximum absolute atomic E-state index is 12.2. The maximum atomic E-state index is 12.2. The number of pyridine rings is 1. The first-order valence-electron chi connectivity index (χ1n) is 8.16. The van der Waals surface area contributed by atoms with Crippen LogP contribution in [-0.2, 0) is 7.05 Å². The minimum absolute atomic E-state index is 0.0352. The summed E-state index contributed by atoms with van der Waals surface area (Å²) in [5.41, 5.74) is 3.24. The molecule has 25 heavy (non-hydrogen) atoms. The number of amides is 1. The molecule has 0 aromatic carbocycles. The van der Waals surface area contributed by atoms with Gasteiger partial charge in [0, 0.05) is 49.0 Å². The molecule has 3 aromatic rings. The average Bonchev–Trinajstić information content (AvgIpc) is 3.35. The molecule has 0 atom stereocenters. The van der Waals surface area contributed by atoms with Crippen LogP contribution in [0.4, 0.5) is 11.6 Å². The minimum Gasteiger partial charge on any atom is -0.348 e. The standard InChI is InChI=1S/C18H18N6O/c1-24-11-12(7-16(24)17(25)22-14-4-5-14)13-8-20-18(21-9-13)23-15-3-2-6-19-10-15/h2-3,6-11,14H,4-5H2,1H3,(H,22,25)(H,20,21,23). The van der Waals surface area contributed by atoms with E-state index in [1.165, 1.54) is 0 Å². The van der Waals surface area contributed by atoms with E-state index in [0.717, 1.165) is 29.7 Å². The van der Waals surface area contributed by atoms with Crippen LogP contribution < -0.4 is 10.6 Å². The predicted molar refractivity (Wildman–Crippen MR) is 94.4 cm³/mol. The summed E-state index contributed by atoms with van der Waals surface area (Å²) in [5.74, 6) is 0.464. The molecule has 1 aliphatic rings. The molecular formula is C18H18N6O. The summed E-state index contributed by atoms with van der Waals surface area (Å²) in [5, 5.41) is 6.10. The molecule has 7 heteroatoms. The van der Waals surface area contributed by atoms with Gasteiger partial charge in [-0.2, -0.15) is 0 Å². The summed E-state index contributed by atoms with van der Waals surface area (Å²) in [7, 11) is 1.87. The van der Waals surface area contributed by atoms with Crippen molar-refractivity contribution in [1.29, 1.82) is 0 Å². The highest BCUT2D eigenvalue weighted by Crippen LogP contribution is 2.23. The first kappa shape index (κ1) is 15.3. The van der Waals surface area contributed by atoms with E-state index < -0.39 is 0 Å². The van der Waals surface area contributed by atoms with Crippen molar-refractivity contribution in [2.75, 3.05) is 5.32 Å². The van der Waals surface area contributed by atoms with Crippen LogP contribution >= 0.6 is 0 Å². The highest BCUT2D eigenvalue weighted by Gasteiger charge is 2.25. The lowest BCUT2D eigenvalue weighted by Crippen LogP contribution is -2.27. The molecule has 0 unspecified atom stereocenters. The van der Waals surface area contributed by atoms with Crippen molar-refractivity contribution in [3.63, 3.8) is 0 Å². The predicted octanol–water partition coefficient (Wildman–Crippen LogP) is 2.51. The summed E-state index contributed by atoms with van der Waals surface area (Å²) >= 11 is 0. The molecule has 1 fully saturated rings. The van der Waals surface area contributed by atoms with E-state index in [0.29, 0.717) is 17.7 Å². The lowest BCUT2D eigenvalue weighted by Gasteiger charge is -2.04. The molecule has 1 aliphatic carbocycles. The summed E-state index contributed by atoms with van der Waals surface area (Å²) in [6.45, 7) is 0. The zero-order valence-electron chi connectivity index (χ0n) is 13.8. The zero-order chi connectivity index (χ0) is 17.2. The van der Waals surface area contributed by atoms with E-state index in [2.05, 4.69) is 25.6 Å². The van der Waals surface area contributed by atoms with Gasteiger partial charge in [0.1, 0.15) is 5.69 Å². The number of rotatable bonds is 5. The number of aromatic nitrogens is 4. The van der Waals surface area contributed by atoms with Gasteiger partial charge in [-0.05, 0) is 31.0 Å². The molecule has 7 nitrogen and oxygen atoms in total. The molecule has 1 saturated carbocycles. The zero-order valence-corrected chi connectivity index (χ0v) is 13.8. The molecule has 3 heterocycles. The van der Waals surface area contributed by atoms with E-state index in [9.17, 15) is 4.79 Å². The number of aryl methyl sites for hydroxylation is 1. The molecule has 126 valence electrons. The summed E-state index contributed by atoms with van der Waals surface area (Å²) < 4.78 is 1.83. The van der Waals surface area contributed by atoms with Crippen LogP contribution in [0.1, 0.15) is 23.3 Å². The van der Waals surface area contributed by atoms with Gasteiger partial charge in [0.2, 0.25) is 5.95 Å². The number of anilines is 2. The van der Waals surface area contributed by atoms with Crippen molar-refractivity contribution in [3.05, 3.63) is 54.9 Å². The second kappa shape index (κ2) is 6.35. The lowest BCUT2D eigenvalue weighted by atomic mass is 10.2.